The average molecular weight is 265 g/mol. The van der Waals surface area contributed by atoms with E-state index in [1.807, 2.05) is 25.1 Å². The predicted molar refractivity (Wildman–Crippen MR) is 77.5 cm³/mol. The smallest absolute Gasteiger partial charge is 0.321 e. The van der Waals surface area contributed by atoms with Gasteiger partial charge in [-0.15, -0.1) is 0 Å². The summed E-state index contributed by atoms with van der Waals surface area (Å²) in [5, 5.41) is 2.88. The molecule has 0 saturated carbocycles. The molecule has 0 aliphatic heterocycles. The lowest BCUT2D eigenvalue weighted by Crippen LogP contribution is -2.37. The molecular formula is C14H23N3O2. The Labute approximate surface area is 114 Å². The average Bonchev–Trinajstić information content (AvgIpc) is 2.43. The Kier molecular flexibility index (Phi) is 6.74. The van der Waals surface area contributed by atoms with E-state index >= 15 is 0 Å². The van der Waals surface area contributed by atoms with Crippen LogP contribution in [0, 0.1) is 0 Å². The molecule has 0 saturated heterocycles. The summed E-state index contributed by atoms with van der Waals surface area (Å²) in [5.74, 6) is 0.724. The number of hydrogen-bond acceptors (Lipinski definition) is 3. The van der Waals surface area contributed by atoms with E-state index in [-0.39, 0.29) is 6.03 Å². The third-order valence-corrected chi connectivity index (χ3v) is 2.73. The van der Waals surface area contributed by atoms with Crippen LogP contribution in [0.3, 0.4) is 0 Å². The summed E-state index contributed by atoms with van der Waals surface area (Å²) in [4.78, 5) is 13.9. The van der Waals surface area contributed by atoms with Crippen LogP contribution in [0.1, 0.15) is 19.8 Å². The second kappa shape index (κ2) is 8.37. The van der Waals surface area contributed by atoms with Crippen molar-refractivity contribution in [2.45, 2.75) is 19.8 Å². The Hall–Kier alpha value is -1.75. The van der Waals surface area contributed by atoms with E-state index in [0.29, 0.717) is 13.1 Å². The molecule has 0 unspecified atom stereocenters. The molecule has 1 rings (SSSR count). The summed E-state index contributed by atoms with van der Waals surface area (Å²) in [6, 6.07) is 7.23. The lowest BCUT2D eigenvalue weighted by molar-refractivity contribution is 0.211. The molecule has 106 valence electrons. The van der Waals surface area contributed by atoms with Gasteiger partial charge in [0.05, 0.1) is 7.11 Å². The van der Waals surface area contributed by atoms with Crippen LogP contribution in [0.2, 0.25) is 0 Å². The van der Waals surface area contributed by atoms with Crippen LogP contribution in [0.25, 0.3) is 0 Å². The van der Waals surface area contributed by atoms with E-state index in [1.165, 1.54) is 0 Å². The van der Waals surface area contributed by atoms with E-state index in [0.717, 1.165) is 30.8 Å². The van der Waals surface area contributed by atoms with Crippen molar-refractivity contribution in [3.8, 4) is 5.75 Å². The minimum Gasteiger partial charge on any atom is -0.497 e. The third kappa shape index (κ3) is 5.18. The van der Waals surface area contributed by atoms with Gasteiger partial charge in [0.25, 0.3) is 0 Å². The molecule has 0 aliphatic rings. The standard InChI is InChI=1S/C14H23N3O2/c1-3-9-17(10-5-8-15)14(18)16-12-6-4-7-13(11-12)19-2/h4,6-7,11H,3,5,8-10,15H2,1-2H3,(H,16,18). The van der Waals surface area contributed by atoms with Gasteiger partial charge in [-0.25, -0.2) is 4.79 Å². The highest BCUT2D eigenvalue weighted by molar-refractivity contribution is 5.89. The number of ether oxygens (including phenoxy) is 1. The second-order valence-electron chi connectivity index (χ2n) is 4.29. The lowest BCUT2D eigenvalue weighted by Gasteiger charge is -2.22. The molecule has 3 N–H and O–H groups in total. The minimum atomic E-state index is -0.0939. The van der Waals surface area contributed by atoms with Crippen LogP contribution in [0.15, 0.2) is 24.3 Å². The third-order valence-electron chi connectivity index (χ3n) is 2.73. The number of rotatable bonds is 7. The quantitative estimate of drug-likeness (QED) is 0.794. The number of carbonyl (C=O) groups excluding carboxylic acids is 1. The van der Waals surface area contributed by atoms with Gasteiger partial charge in [0, 0.05) is 24.8 Å². The van der Waals surface area contributed by atoms with Crippen molar-refractivity contribution in [3.05, 3.63) is 24.3 Å². The Morgan fingerprint density at radius 2 is 2.21 bits per heavy atom. The molecule has 0 aromatic heterocycles. The normalized spacial score (nSPS) is 10.1. The first-order valence-electron chi connectivity index (χ1n) is 6.61. The Balaban J connectivity index is 2.63. The van der Waals surface area contributed by atoms with Gasteiger partial charge in [0.15, 0.2) is 0 Å². The molecular weight excluding hydrogens is 242 g/mol. The van der Waals surface area contributed by atoms with E-state index in [4.69, 9.17) is 10.5 Å². The van der Waals surface area contributed by atoms with E-state index in [9.17, 15) is 4.79 Å². The molecule has 0 radical (unpaired) electrons. The molecule has 5 nitrogen and oxygen atoms in total. The van der Waals surface area contributed by atoms with Gasteiger partial charge in [-0.2, -0.15) is 0 Å². The number of amides is 2. The van der Waals surface area contributed by atoms with E-state index in [2.05, 4.69) is 5.32 Å². The highest BCUT2D eigenvalue weighted by Gasteiger charge is 2.12. The van der Waals surface area contributed by atoms with Gasteiger partial charge in [-0.1, -0.05) is 13.0 Å². The van der Waals surface area contributed by atoms with Gasteiger partial charge in [0.1, 0.15) is 5.75 Å². The predicted octanol–water partition coefficient (Wildman–Crippen LogP) is 2.29. The number of nitrogens with one attached hydrogen (secondary N) is 1. The summed E-state index contributed by atoms with van der Waals surface area (Å²) in [5.41, 5.74) is 6.22. The zero-order chi connectivity index (χ0) is 14.1. The van der Waals surface area contributed by atoms with E-state index in [1.54, 1.807) is 18.1 Å². The van der Waals surface area contributed by atoms with Gasteiger partial charge in [-0.3, -0.25) is 0 Å². The maximum atomic E-state index is 12.1. The molecule has 5 heteroatoms. The largest absolute Gasteiger partial charge is 0.497 e. The molecule has 2 amide bonds. The summed E-state index contributed by atoms with van der Waals surface area (Å²) < 4.78 is 5.13. The minimum absolute atomic E-state index is 0.0939. The van der Waals surface area contributed by atoms with Gasteiger partial charge in [-0.05, 0) is 31.5 Å². The Bertz CT molecular complexity index is 396. The molecule has 1 aromatic rings. The van der Waals surface area contributed by atoms with Gasteiger partial charge < -0.3 is 20.7 Å². The number of nitrogens with zero attached hydrogens (tertiary/aromatic N) is 1. The topological polar surface area (TPSA) is 67.6 Å². The van der Waals surface area contributed by atoms with Crippen LogP contribution < -0.4 is 15.8 Å². The van der Waals surface area contributed by atoms with Crippen LogP contribution in [-0.2, 0) is 0 Å². The number of carbonyl (C=O) groups is 1. The van der Waals surface area contributed by atoms with Crippen molar-refractivity contribution >= 4 is 11.7 Å². The van der Waals surface area contributed by atoms with Crippen molar-refractivity contribution < 1.29 is 9.53 Å². The number of methoxy groups -OCH3 is 1. The van der Waals surface area contributed by atoms with Crippen LogP contribution in [0.5, 0.6) is 5.75 Å². The monoisotopic (exact) mass is 265 g/mol. The highest BCUT2D eigenvalue weighted by Crippen LogP contribution is 2.17. The van der Waals surface area contributed by atoms with Crippen molar-refractivity contribution in [2.24, 2.45) is 5.73 Å². The summed E-state index contributed by atoms with van der Waals surface area (Å²) in [6.07, 6.45) is 1.74. The maximum Gasteiger partial charge on any atom is 0.321 e. The Morgan fingerprint density at radius 3 is 2.84 bits per heavy atom. The molecule has 0 spiro atoms. The summed E-state index contributed by atoms with van der Waals surface area (Å²) >= 11 is 0. The molecule has 0 fully saturated rings. The molecule has 0 heterocycles. The van der Waals surface area contributed by atoms with Crippen molar-refractivity contribution in [1.29, 1.82) is 0 Å². The van der Waals surface area contributed by atoms with E-state index < -0.39 is 0 Å². The molecule has 19 heavy (non-hydrogen) atoms. The highest BCUT2D eigenvalue weighted by atomic mass is 16.5. The number of anilines is 1. The SMILES string of the molecule is CCCN(CCCN)C(=O)Nc1cccc(OC)c1. The van der Waals surface area contributed by atoms with Crippen molar-refractivity contribution in [1.82, 2.24) is 4.90 Å². The second-order valence-corrected chi connectivity index (χ2v) is 4.29. The summed E-state index contributed by atoms with van der Waals surface area (Å²) in [7, 11) is 1.60. The van der Waals surface area contributed by atoms with Crippen molar-refractivity contribution in [2.75, 3.05) is 32.1 Å². The van der Waals surface area contributed by atoms with Crippen molar-refractivity contribution in [3.63, 3.8) is 0 Å². The fraction of sp³-hybridized carbons (Fsp3) is 0.500. The first-order valence-corrected chi connectivity index (χ1v) is 6.61. The molecule has 0 bridgehead atoms. The number of nitrogens with two attached hydrogens (primary N) is 1. The molecule has 0 atom stereocenters. The first-order chi connectivity index (χ1) is 9.21. The number of benzene rings is 1. The summed E-state index contributed by atoms with van der Waals surface area (Å²) in [6.45, 7) is 4.05. The fourth-order valence-electron chi connectivity index (χ4n) is 1.77. The maximum absolute atomic E-state index is 12.1. The number of urea groups is 1. The van der Waals surface area contributed by atoms with Crippen LogP contribution in [0.4, 0.5) is 10.5 Å². The van der Waals surface area contributed by atoms with Crippen LogP contribution in [-0.4, -0.2) is 37.7 Å². The zero-order valence-corrected chi connectivity index (χ0v) is 11.7. The number of hydrogen-bond donors (Lipinski definition) is 2. The zero-order valence-electron chi connectivity index (χ0n) is 11.7. The first kappa shape index (κ1) is 15.3. The van der Waals surface area contributed by atoms with Gasteiger partial charge in [0.2, 0.25) is 0 Å². The molecule has 0 aliphatic carbocycles. The lowest BCUT2D eigenvalue weighted by atomic mass is 10.3. The van der Waals surface area contributed by atoms with Crippen LogP contribution >= 0.6 is 0 Å². The van der Waals surface area contributed by atoms with Gasteiger partial charge >= 0.3 is 6.03 Å². The fourth-order valence-corrected chi connectivity index (χ4v) is 1.77. The molecule has 1 aromatic carbocycles. The Morgan fingerprint density at radius 1 is 1.42 bits per heavy atom.